The van der Waals surface area contributed by atoms with E-state index in [0.29, 0.717) is 26.1 Å². The summed E-state index contributed by atoms with van der Waals surface area (Å²) in [6, 6.07) is 11.6. The molecule has 2 N–H and O–H groups in total. The highest BCUT2D eigenvalue weighted by Crippen LogP contribution is 2.16. The Balaban J connectivity index is 1.40. The van der Waals surface area contributed by atoms with E-state index in [9.17, 15) is 4.79 Å². The molecule has 1 aromatic carbocycles. The normalized spacial score (nSPS) is 14.3. The van der Waals surface area contributed by atoms with E-state index in [1.165, 1.54) is 0 Å². The third kappa shape index (κ3) is 4.84. The van der Waals surface area contributed by atoms with Crippen LogP contribution >= 0.6 is 0 Å². The lowest BCUT2D eigenvalue weighted by Crippen LogP contribution is -2.49. The molecule has 0 atom stereocenters. The van der Waals surface area contributed by atoms with Gasteiger partial charge in [0, 0.05) is 44.4 Å². The Labute approximate surface area is 153 Å². The number of amides is 1. The van der Waals surface area contributed by atoms with Crippen molar-refractivity contribution in [1.82, 2.24) is 14.9 Å². The molecule has 138 valence electrons. The van der Waals surface area contributed by atoms with Crippen LogP contribution in [0.1, 0.15) is 18.5 Å². The first-order valence-corrected chi connectivity index (χ1v) is 8.93. The van der Waals surface area contributed by atoms with Gasteiger partial charge in [0.15, 0.2) is 0 Å². The molecule has 0 aliphatic carbocycles. The number of nitrogens with zero attached hydrogens (tertiary/aromatic N) is 4. The zero-order valence-corrected chi connectivity index (χ0v) is 15.1. The van der Waals surface area contributed by atoms with E-state index in [0.717, 1.165) is 36.8 Å². The number of para-hydroxylation sites is 1. The Bertz CT molecular complexity index is 710. The van der Waals surface area contributed by atoms with Crippen LogP contribution in [0.15, 0.2) is 36.4 Å². The lowest BCUT2D eigenvalue weighted by molar-refractivity contribution is -0.131. The lowest BCUT2D eigenvalue weighted by Gasteiger charge is -2.35. The van der Waals surface area contributed by atoms with Crippen molar-refractivity contribution in [3.05, 3.63) is 42.1 Å². The highest BCUT2D eigenvalue weighted by molar-refractivity contribution is 5.76. The average molecular weight is 355 g/mol. The van der Waals surface area contributed by atoms with Crippen LogP contribution in [0.25, 0.3) is 0 Å². The molecule has 0 bridgehead atoms. The minimum atomic E-state index is 0.180. The van der Waals surface area contributed by atoms with Gasteiger partial charge in [0.05, 0.1) is 6.61 Å². The summed E-state index contributed by atoms with van der Waals surface area (Å²) in [7, 11) is 0. The van der Waals surface area contributed by atoms with Gasteiger partial charge in [-0.25, -0.2) is 4.98 Å². The molecule has 0 spiro atoms. The summed E-state index contributed by atoms with van der Waals surface area (Å²) in [4.78, 5) is 24.8. The predicted molar refractivity (Wildman–Crippen MR) is 101 cm³/mol. The van der Waals surface area contributed by atoms with E-state index in [-0.39, 0.29) is 11.9 Å². The van der Waals surface area contributed by atoms with Crippen molar-refractivity contribution < 1.29 is 9.53 Å². The molecule has 1 aliphatic rings. The summed E-state index contributed by atoms with van der Waals surface area (Å²) in [6.45, 7) is 5.35. The molecule has 0 unspecified atom stereocenters. The van der Waals surface area contributed by atoms with E-state index in [1.807, 2.05) is 48.2 Å². The van der Waals surface area contributed by atoms with Gasteiger partial charge in [-0.3, -0.25) is 4.79 Å². The van der Waals surface area contributed by atoms with Crippen LogP contribution in [-0.4, -0.2) is 53.6 Å². The summed E-state index contributed by atoms with van der Waals surface area (Å²) in [5, 5.41) is 0. The summed E-state index contributed by atoms with van der Waals surface area (Å²) in [5.74, 6) is 2.14. The van der Waals surface area contributed by atoms with Gasteiger partial charge >= 0.3 is 0 Å². The number of carbonyl (C=O) groups excluding carboxylic acids is 1. The van der Waals surface area contributed by atoms with Crippen LogP contribution < -0.4 is 15.4 Å². The first-order chi connectivity index (χ1) is 12.6. The Morgan fingerprint density at radius 2 is 1.88 bits per heavy atom. The predicted octanol–water partition coefficient (Wildman–Crippen LogP) is 1.88. The van der Waals surface area contributed by atoms with Crippen molar-refractivity contribution in [3.63, 3.8) is 0 Å². The molecule has 26 heavy (non-hydrogen) atoms. The molecule has 0 radical (unpaired) electrons. The molecule has 7 nitrogen and oxygen atoms in total. The highest BCUT2D eigenvalue weighted by atomic mass is 16.5. The zero-order chi connectivity index (χ0) is 18.4. The number of ether oxygens (including phenoxy) is 1. The largest absolute Gasteiger partial charge is 0.494 e. The third-order valence-corrected chi connectivity index (χ3v) is 4.36. The molecule has 1 amide bonds. The maximum atomic E-state index is 12.4. The second-order valence-electron chi connectivity index (χ2n) is 6.36. The third-order valence-electron chi connectivity index (χ3n) is 4.36. The van der Waals surface area contributed by atoms with Crippen molar-refractivity contribution in [1.29, 1.82) is 0 Å². The summed E-state index contributed by atoms with van der Waals surface area (Å²) < 4.78 is 5.64. The van der Waals surface area contributed by atoms with Crippen LogP contribution in [-0.2, 0) is 4.79 Å². The first-order valence-electron chi connectivity index (χ1n) is 8.93. The van der Waals surface area contributed by atoms with E-state index >= 15 is 0 Å². The standard InChI is InChI=1S/C19H25N5O2/c1-15-14-17(22-19(20)21-15)23-9-11-24(12-10-23)18(25)8-5-13-26-16-6-3-2-4-7-16/h2-4,6-7,14H,5,8-13H2,1H3,(H2,20,21,22). The minimum absolute atomic E-state index is 0.180. The Kier molecular flexibility index (Phi) is 5.88. The second kappa shape index (κ2) is 8.51. The van der Waals surface area contributed by atoms with Crippen molar-refractivity contribution in [2.75, 3.05) is 43.4 Å². The Morgan fingerprint density at radius 1 is 1.15 bits per heavy atom. The minimum Gasteiger partial charge on any atom is -0.494 e. The number of benzene rings is 1. The molecule has 0 saturated carbocycles. The molecule has 1 aromatic heterocycles. The van der Waals surface area contributed by atoms with Crippen LogP contribution in [0, 0.1) is 6.92 Å². The quantitative estimate of drug-likeness (QED) is 0.797. The first kappa shape index (κ1) is 18.0. The molecule has 7 heteroatoms. The Morgan fingerprint density at radius 3 is 2.58 bits per heavy atom. The van der Waals surface area contributed by atoms with Gasteiger partial charge in [0.1, 0.15) is 11.6 Å². The number of aromatic nitrogens is 2. The highest BCUT2D eigenvalue weighted by Gasteiger charge is 2.22. The number of nitrogens with two attached hydrogens (primary N) is 1. The molecular weight excluding hydrogens is 330 g/mol. The maximum absolute atomic E-state index is 12.4. The molecular formula is C19H25N5O2. The van der Waals surface area contributed by atoms with Crippen LogP contribution in [0.5, 0.6) is 5.75 Å². The molecule has 1 saturated heterocycles. The van der Waals surface area contributed by atoms with E-state index in [4.69, 9.17) is 10.5 Å². The van der Waals surface area contributed by atoms with E-state index < -0.39 is 0 Å². The lowest BCUT2D eigenvalue weighted by atomic mass is 10.2. The molecule has 1 aliphatic heterocycles. The molecule has 2 aromatic rings. The monoisotopic (exact) mass is 355 g/mol. The number of piperazine rings is 1. The SMILES string of the molecule is Cc1cc(N2CCN(C(=O)CCCOc3ccccc3)CC2)nc(N)n1. The van der Waals surface area contributed by atoms with Crippen molar-refractivity contribution in [2.24, 2.45) is 0 Å². The van der Waals surface area contributed by atoms with Crippen molar-refractivity contribution in [2.45, 2.75) is 19.8 Å². The average Bonchev–Trinajstić information content (AvgIpc) is 2.65. The van der Waals surface area contributed by atoms with Gasteiger partial charge in [0.2, 0.25) is 11.9 Å². The second-order valence-corrected chi connectivity index (χ2v) is 6.36. The molecule has 3 rings (SSSR count). The Hall–Kier alpha value is -2.83. The smallest absolute Gasteiger partial charge is 0.222 e. The fraction of sp³-hybridized carbons (Fsp3) is 0.421. The number of aryl methyl sites for hydroxylation is 1. The zero-order valence-electron chi connectivity index (χ0n) is 15.1. The van der Waals surface area contributed by atoms with E-state index in [1.54, 1.807) is 0 Å². The van der Waals surface area contributed by atoms with Crippen LogP contribution in [0.2, 0.25) is 0 Å². The number of anilines is 2. The van der Waals surface area contributed by atoms with Gasteiger partial charge in [-0.15, -0.1) is 0 Å². The van der Waals surface area contributed by atoms with Crippen molar-refractivity contribution >= 4 is 17.7 Å². The van der Waals surface area contributed by atoms with Gasteiger partial charge in [-0.1, -0.05) is 18.2 Å². The van der Waals surface area contributed by atoms with Crippen molar-refractivity contribution in [3.8, 4) is 5.75 Å². The summed E-state index contributed by atoms with van der Waals surface area (Å²) >= 11 is 0. The fourth-order valence-corrected chi connectivity index (χ4v) is 3.01. The number of hydrogen-bond donors (Lipinski definition) is 1. The van der Waals surface area contributed by atoms with Crippen LogP contribution in [0.3, 0.4) is 0 Å². The maximum Gasteiger partial charge on any atom is 0.222 e. The molecule has 2 heterocycles. The van der Waals surface area contributed by atoms with Gasteiger partial charge in [-0.05, 0) is 25.5 Å². The van der Waals surface area contributed by atoms with Gasteiger partial charge < -0.3 is 20.3 Å². The van der Waals surface area contributed by atoms with Gasteiger partial charge in [-0.2, -0.15) is 4.98 Å². The molecule has 1 fully saturated rings. The number of hydrogen-bond acceptors (Lipinski definition) is 6. The number of nitrogen functional groups attached to an aromatic ring is 1. The summed E-state index contributed by atoms with van der Waals surface area (Å²) in [6.07, 6.45) is 1.22. The van der Waals surface area contributed by atoms with Gasteiger partial charge in [0.25, 0.3) is 0 Å². The number of rotatable bonds is 6. The number of carbonyl (C=O) groups is 1. The van der Waals surface area contributed by atoms with E-state index in [2.05, 4.69) is 14.9 Å². The van der Waals surface area contributed by atoms with Crippen LogP contribution in [0.4, 0.5) is 11.8 Å². The fourth-order valence-electron chi connectivity index (χ4n) is 3.01. The topological polar surface area (TPSA) is 84.6 Å². The summed E-state index contributed by atoms with van der Waals surface area (Å²) in [5.41, 5.74) is 6.58.